The second-order valence-corrected chi connectivity index (χ2v) is 10.9. The Bertz CT molecular complexity index is 1010. The fraction of sp³-hybridized carbons (Fsp3) is 0.480. The van der Waals surface area contributed by atoms with Crippen molar-refractivity contribution in [3.63, 3.8) is 0 Å². The number of sulfonamides is 1. The van der Waals surface area contributed by atoms with Crippen molar-refractivity contribution in [2.75, 3.05) is 26.2 Å². The molecular weight excluding hydrogens is 422 g/mol. The third-order valence-corrected chi connectivity index (χ3v) is 8.17. The molecule has 2 aliphatic heterocycles. The average molecular weight is 456 g/mol. The molecule has 0 radical (unpaired) electrons. The molecule has 7 heteroatoms. The number of amides is 1. The Morgan fingerprint density at radius 1 is 0.812 bits per heavy atom. The molecule has 172 valence electrons. The second-order valence-electron chi connectivity index (χ2n) is 8.90. The lowest BCUT2D eigenvalue weighted by atomic mass is 10.1. The number of carbonyl (C=O) groups is 1. The normalized spacial score (nSPS) is 18.0. The van der Waals surface area contributed by atoms with Crippen molar-refractivity contribution in [2.24, 2.45) is 0 Å². The molecule has 0 bridgehead atoms. The van der Waals surface area contributed by atoms with Gasteiger partial charge in [0.1, 0.15) is 0 Å². The molecule has 32 heavy (non-hydrogen) atoms. The minimum atomic E-state index is -3.28. The summed E-state index contributed by atoms with van der Waals surface area (Å²) in [5, 5.41) is 2.98. The van der Waals surface area contributed by atoms with E-state index < -0.39 is 10.0 Å². The second kappa shape index (κ2) is 10.6. The molecule has 0 aromatic heterocycles. The molecule has 1 N–H and O–H groups in total. The van der Waals surface area contributed by atoms with Crippen LogP contribution < -0.4 is 5.32 Å². The Kier molecular flexibility index (Phi) is 7.60. The number of hydrogen-bond donors (Lipinski definition) is 1. The zero-order chi connectivity index (χ0) is 22.4. The summed E-state index contributed by atoms with van der Waals surface area (Å²) < 4.78 is 26.5. The van der Waals surface area contributed by atoms with E-state index in [1.807, 2.05) is 6.07 Å². The van der Waals surface area contributed by atoms with Gasteiger partial charge in [-0.25, -0.2) is 12.7 Å². The van der Waals surface area contributed by atoms with E-state index in [4.69, 9.17) is 0 Å². The van der Waals surface area contributed by atoms with Gasteiger partial charge in [-0.1, -0.05) is 42.8 Å². The average Bonchev–Trinajstić information content (AvgIpc) is 3.35. The molecule has 2 aromatic carbocycles. The van der Waals surface area contributed by atoms with Crippen molar-refractivity contribution >= 4 is 15.9 Å². The summed E-state index contributed by atoms with van der Waals surface area (Å²) >= 11 is 0. The summed E-state index contributed by atoms with van der Waals surface area (Å²) in [7, 11) is -3.28. The van der Waals surface area contributed by atoms with Crippen LogP contribution in [0, 0.1) is 0 Å². The van der Waals surface area contributed by atoms with E-state index in [-0.39, 0.29) is 11.7 Å². The molecule has 0 saturated carbocycles. The third-order valence-electron chi connectivity index (χ3n) is 6.32. The van der Waals surface area contributed by atoms with E-state index >= 15 is 0 Å². The molecule has 0 spiro atoms. The van der Waals surface area contributed by atoms with Gasteiger partial charge in [-0.2, -0.15) is 0 Å². The van der Waals surface area contributed by atoms with Gasteiger partial charge < -0.3 is 5.32 Å². The zero-order valence-corrected chi connectivity index (χ0v) is 19.4. The first-order valence-corrected chi connectivity index (χ1v) is 13.3. The van der Waals surface area contributed by atoms with Gasteiger partial charge in [0, 0.05) is 31.7 Å². The number of carbonyl (C=O) groups excluding carboxylic acids is 1. The van der Waals surface area contributed by atoms with Gasteiger partial charge in [0.05, 0.1) is 5.75 Å². The maximum absolute atomic E-state index is 12.6. The first-order chi connectivity index (χ1) is 15.5. The highest BCUT2D eigenvalue weighted by molar-refractivity contribution is 7.88. The molecule has 2 aliphatic rings. The van der Waals surface area contributed by atoms with E-state index in [2.05, 4.69) is 28.4 Å². The van der Waals surface area contributed by atoms with Gasteiger partial charge in [-0.05, 0) is 67.6 Å². The highest BCUT2D eigenvalue weighted by Crippen LogP contribution is 2.18. The number of nitrogens with one attached hydrogen (secondary N) is 1. The quantitative estimate of drug-likeness (QED) is 0.661. The van der Waals surface area contributed by atoms with Gasteiger partial charge in [-0.15, -0.1) is 0 Å². The lowest BCUT2D eigenvalue weighted by Gasteiger charge is -2.26. The number of benzene rings is 2. The van der Waals surface area contributed by atoms with Crippen LogP contribution in [0.5, 0.6) is 0 Å². The molecule has 2 saturated heterocycles. The molecule has 6 nitrogen and oxygen atoms in total. The van der Waals surface area contributed by atoms with Crippen LogP contribution in [0.15, 0.2) is 48.5 Å². The van der Waals surface area contributed by atoms with Crippen LogP contribution in [0.2, 0.25) is 0 Å². The zero-order valence-electron chi connectivity index (χ0n) is 18.6. The smallest absolute Gasteiger partial charge is 0.251 e. The Morgan fingerprint density at radius 3 is 2.19 bits per heavy atom. The standard InChI is InChI=1S/C25H33N3O3S/c29-25(24-11-9-21(10-12-24)20-32(30,31)28-15-4-5-16-28)26-18-22-7-6-8-23(17-22)19-27-13-2-1-3-14-27/h6-12,17H,1-5,13-16,18-20H2,(H,26,29). The predicted octanol–water partition coefficient (Wildman–Crippen LogP) is 3.53. The third kappa shape index (κ3) is 6.18. The molecule has 1 amide bonds. The molecule has 4 rings (SSSR count). The number of hydrogen-bond acceptors (Lipinski definition) is 4. The number of likely N-dealkylation sites (tertiary alicyclic amines) is 1. The van der Waals surface area contributed by atoms with Crippen LogP contribution in [0.3, 0.4) is 0 Å². The lowest BCUT2D eigenvalue weighted by molar-refractivity contribution is 0.0951. The summed E-state index contributed by atoms with van der Waals surface area (Å²) in [5.74, 6) is -0.168. The maximum Gasteiger partial charge on any atom is 0.251 e. The molecule has 2 aromatic rings. The van der Waals surface area contributed by atoms with Crippen LogP contribution in [0.4, 0.5) is 0 Å². The first-order valence-electron chi connectivity index (χ1n) is 11.6. The van der Waals surface area contributed by atoms with E-state index in [0.717, 1.165) is 38.0 Å². The van der Waals surface area contributed by atoms with E-state index in [1.54, 1.807) is 28.6 Å². The SMILES string of the molecule is O=C(NCc1cccc(CN2CCCCC2)c1)c1ccc(CS(=O)(=O)N2CCCC2)cc1. The molecule has 0 atom stereocenters. The van der Waals surface area contributed by atoms with Crippen molar-refractivity contribution in [1.29, 1.82) is 0 Å². The van der Waals surface area contributed by atoms with Gasteiger partial charge in [0.2, 0.25) is 10.0 Å². The van der Waals surface area contributed by atoms with Crippen molar-refractivity contribution < 1.29 is 13.2 Å². The van der Waals surface area contributed by atoms with Gasteiger partial charge in [0.15, 0.2) is 0 Å². The highest BCUT2D eigenvalue weighted by Gasteiger charge is 2.25. The van der Waals surface area contributed by atoms with Crippen molar-refractivity contribution in [3.8, 4) is 0 Å². The summed E-state index contributed by atoms with van der Waals surface area (Å²) in [5.41, 5.74) is 3.61. The minimum Gasteiger partial charge on any atom is -0.348 e. The van der Waals surface area contributed by atoms with E-state index in [9.17, 15) is 13.2 Å². The van der Waals surface area contributed by atoms with Crippen LogP contribution in [0.25, 0.3) is 0 Å². The maximum atomic E-state index is 12.6. The Balaban J connectivity index is 1.30. The Morgan fingerprint density at radius 2 is 1.47 bits per heavy atom. The van der Waals surface area contributed by atoms with Gasteiger partial charge in [-0.3, -0.25) is 9.69 Å². The Hall–Kier alpha value is -2.22. The lowest BCUT2D eigenvalue weighted by Crippen LogP contribution is -2.29. The number of rotatable bonds is 8. The van der Waals surface area contributed by atoms with Crippen molar-refractivity contribution in [2.45, 2.75) is 50.9 Å². The minimum absolute atomic E-state index is 0.0152. The number of piperidine rings is 1. The van der Waals surface area contributed by atoms with Crippen LogP contribution in [-0.4, -0.2) is 49.7 Å². The summed E-state index contributed by atoms with van der Waals surface area (Å²) in [6.07, 6.45) is 5.74. The fourth-order valence-electron chi connectivity index (χ4n) is 4.52. The highest BCUT2D eigenvalue weighted by atomic mass is 32.2. The summed E-state index contributed by atoms with van der Waals surface area (Å²) in [6, 6.07) is 15.3. The monoisotopic (exact) mass is 455 g/mol. The summed E-state index contributed by atoms with van der Waals surface area (Å²) in [6.45, 7) is 4.98. The van der Waals surface area contributed by atoms with Gasteiger partial charge in [0.25, 0.3) is 5.91 Å². The predicted molar refractivity (Wildman–Crippen MR) is 127 cm³/mol. The van der Waals surface area contributed by atoms with Crippen molar-refractivity contribution in [3.05, 3.63) is 70.8 Å². The fourth-order valence-corrected chi connectivity index (χ4v) is 6.13. The van der Waals surface area contributed by atoms with Crippen LogP contribution >= 0.6 is 0 Å². The number of nitrogens with zero attached hydrogens (tertiary/aromatic N) is 2. The van der Waals surface area contributed by atoms with E-state index in [1.165, 1.54) is 24.8 Å². The van der Waals surface area contributed by atoms with Gasteiger partial charge >= 0.3 is 0 Å². The van der Waals surface area contributed by atoms with E-state index in [0.29, 0.717) is 30.8 Å². The Labute approximate surface area is 191 Å². The molecular formula is C25H33N3O3S. The van der Waals surface area contributed by atoms with Crippen LogP contribution in [0.1, 0.15) is 59.2 Å². The molecule has 2 fully saturated rings. The molecule has 0 unspecified atom stereocenters. The topological polar surface area (TPSA) is 69.7 Å². The first kappa shape index (κ1) is 23.0. The van der Waals surface area contributed by atoms with Crippen molar-refractivity contribution in [1.82, 2.24) is 14.5 Å². The molecule has 0 aliphatic carbocycles. The molecule has 2 heterocycles. The summed E-state index contributed by atoms with van der Waals surface area (Å²) in [4.78, 5) is 15.1. The van der Waals surface area contributed by atoms with Crippen LogP contribution in [-0.2, 0) is 28.9 Å². The largest absolute Gasteiger partial charge is 0.348 e.